The van der Waals surface area contributed by atoms with Gasteiger partial charge in [-0.25, -0.2) is 9.37 Å². The lowest BCUT2D eigenvalue weighted by molar-refractivity contribution is 0.234. The van der Waals surface area contributed by atoms with E-state index < -0.39 is 0 Å². The Morgan fingerprint density at radius 1 is 1.10 bits per heavy atom. The highest BCUT2D eigenvalue weighted by Crippen LogP contribution is 2.27. The van der Waals surface area contributed by atoms with Gasteiger partial charge in [0.25, 0.3) is 0 Å². The smallest absolute Gasteiger partial charge is 0.237 e. The average Bonchev–Trinajstić information content (AvgIpc) is 2.41. The van der Waals surface area contributed by atoms with Gasteiger partial charge in [0.2, 0.25) is 5.88 Å². The van der Waals surface area contributed by atoms with Crippen LogP contribution in [0.25, 0.3) is 0 Å². The van der Waals surface area contributed by atoms with E-state index in [9.17, 15) is 4.39 Å². The fraction of sp³-hybridized carbons (Fsp3) is 0.312. The first-order valence-electron chi connectivity index (χ1n) is 6.70. The van der Waals surface area contributed by atoms with Crippen molar-refractivity contribution in [1.82, 2.24) is 4.98 Å². The van der Waals surface area contributed by atoms with Gasteiger partial charge in [-0.1, -0.05) is 18.2 Å². The Hall–Kier alpha value is -2.10. The van der Waals surface area contributed by atoms with E-state index in [-0.39, 0.29) is 18.0 Å². The Bertz CT molecular complexity index is 572. The third kappa shape index (κ3) is 3.47. The minimum Gasteiger partial charge on any atom is -0.473 e. The molecule has 0 aliphatic heterocycles. The van der Waals surface area contributed by atoms with Crippen molar-refractivity contribution in [2.24, 2.45) is 0 Å². The Balaban J connectivity index is 2.20. The number of ether oxygens (including phenoxy) is 1. The van der Waals surface area contributed by atoms with Crippen LogP contribution in [0.4, 0.5) is 10.1 Å². The molecule has 0 aliphatic rings. The molecule has 0 aliphatic carbocycles. The van der Waals surface area contributed by atoms with Gasteiger partial charge in [0.1, 0.15) is 5.82 Å². The minimum atomic E-state index is -0.220. The highest BCUT2D eigenvalue weighted by Gasteiger charge is 2.13. The van der Waals surface area contributed by atoms with Crippen LogP contribution in [0.15, 0.2) is 42.6 Å². The zero-order valence-electron chi connectivity index (χ0n) is 11.9. The van der Waals surface area contributed by atoms with Crippen molar-refractivity contribution in [3.05, 3.63) is 54.0 Å². The Morgan fingerprint density at radius 2 is 1.85 bits per heavy atom. The number of hydrogen-bond donors (Lipinski definition) is 1. The number of aromatic nitrogens is 1. The largest absolute Gasteiger partial charge is 0.473 e. The summed E-state index contributed by atoms with van der Waals surface area (Å²) in [5, 5.41) is 3.25. The van der Waals surface area contributed by atoms with Crippen molar-refractivity contribution >= 4 is 5.69 Å². The van der Waals surface area contributed by atoms with Gasteiger partial charge in [0.05, 0.1) is 17.8 Å². The van der Waals surface area contributed by atoms with Gasteiger partial charge in [-0.15, -0.1) is 0 Å². The van der Waals surface area contributed by atoms with Crippen LogP contribution in [-0.2, 0) is 0 Å². The molecule has 1 heterocycles. The van der Waals surface area contributed by atoms with Crippen LogP contribution < -0.4 is 10.1 Å². The molecule has 0 bridgehead atoms. The van der Waals surface area contributed by atoms with Crippen molar-refractivity contribution in [2.75, 3.05) is 5.32 Å². The molecular formula is C16H19FN2O. The van der Waals surface area contributed by atoms with E-state index in [2.05, 4.69) is 10.3 Å². The Labute approximate surface area is 118 Å². The minimum absolute atomic E-state index is 0.0363. The summed E-state index contributed by atoms with van der Waals surface area (Å²) in [6.07, 6.45) is 1.71. The van der Waals surface area contributed by atoms with Crippen molar-refractivity contribution < 1.29 is 9.13 Å². The van der Waals surface area contributed by atoms with Crippen LogP contribution in [-0.4, -0.2) is 11.1 Å². The number of rotatable bonds is 5. The highest BCUT2D eigenvalue weighted by molar-refractivity contribution is 5.53. The van der Waals surface area contributed by atoms with Crippen LogP contribution in [0.2, 0.25) is 0 Å². The molecule has 20 heavy (non-hydrogen) atoms. The summed E-state index contributed by atoms with van der Waals surface area (Å²) >= 11 is 0. The lowest BCUT2D eigenvalue weighted by atomic mass is 10.1. The summed E-state index contributed by atoms with van der Waals surface area (Å²) in [5.41, 5.74) is 1.38. The molecule has 1 N–H and O–H groups in total. The molecule has 0 spiro atoms. The maximum Gasteiger partial charge on any atom is 0.237 e. The number of benzene rings is 1. The quantitative estimate of drug-likeness (QED) is 0.888. The Kier molecular flexibility index (Phi) is 4.56. The molecule has 2 rings (SSSR count). The van der Waals surface area contributed by atoms with Crippen molar-refractivity contribution in [3.8, 4) is 5.88 Å². The lowest BCUT2D eigenvalue weighted by Gasteiger charge is -2.19. The summed E-state index contributed by atoms with van der Waals surface area (Å²) in [5.74, 6) is 0.313. The zero-order chi connectivity index (χ0) is 14.5. The van der Waals surface area contributed by atoms with Gasteiger partial charge in [-0.05, 0) is 39.0 Å². The van der Waals surface area contributed by atoms with E-state index in [1.165, 1.54) is 6.07 Å². The first-order valence-corrected chi connectivity index (χ1v) is 6.70. The molecule has 3 nitrogen and oxygen atoms in total. The zero-order valence-corrected chi connectivity index (χ0v) is 11.9. The van der Waals surface area contributed by atoms with Crippen LogP contribution >= 0.6 is 0 Å². The molecule has 0 amide bonds. The van der Waals surface area contributed by atoms with E-state index in [0.717, 1.165) is 5.69 Å². The van der Waals surface area contributed by atoms with E-state index in [1.54, 1.807) is 18.3 Å². The molecule has 0 saturated carbocycles. The fourth-order valence-corrected chi connectivity index (χ4v) is 1.96. The third-order valence-corrected chi connectivity index (χ3v) is 2.86. The van der Waals surface area contributed by atoms with Gasteiger partial charge in [-0.3, -0.25) is 0 Å². The first-order chi connectivity index (χ1) is 9.58. The van der Waals surface area contributed by atoms with Gasteiger partial charge >= 0.3 is 0 Å². The second kappa shape index (κ2) is 6.37. The predicted octanol–water partition coefficient (Wildman–Crippen LogP) is 4.18. The summed E-state index contributed by atoms with van der Waals surface area (Å²) in [4.78, 5) is 4.21. The third-order valence-electron chi connectivity index (χ3n) is 2.86. The maximum absolute atomic E-state index is 13.8. The van der Waals surface area contributed by atoms with Gasteiger partial charge in [0, 0.05) is 11.8 Å². The van der Waals surface area contributed by atoms with Gasteiger partial charge in [0.15, 0.2) is 0 Å². The van der Waals surface area contributed by atoms with E-state index >= 15 is 0 Å². The molecule has 4 heteroatoms. The summed E-state index contributed by atoms with van der Waals surface area (Å²) in [6.45, 7) is 5.79. The maximum atomic E-state index is 13.8. The number of anilines is 1. The molecule has 0 radical (unpaired) electrons. The SMILES string of the molecule is CC(C)Oc1ncccc1NC(C)c1ccccc1F. The number of hydrogen-bond acceptors (Lipinski definition) is 3. The van der Waals surface area contributed by atoms with E-state index in [1.807, 2.05) is 39.0 Å². The average molecular weight is 274 g/mol. The number of nitrogens with zero attached hydrogens (tertiary/aromatic N) is 1. The molecular weight excluding hydrogens is 255 g/mol. The summed E-state index contributed by atoms with van der Waals surface area (Å²) < 4.78 is 19.4. The van der Waals surface area contributed by atoms with Crippen LogP contribution in [0.3, 0.4) is 0 Å². The number of halogens is 1. The second-order valence-corrected chi connectivity index (χ2v) is 4.91. The molecule has 2 aromatic rings. The number of pyridine rings is 1. The first kappa shape index (κ1) is 14.3. The molecule has 106 valence electrons. The summed E-state index contributed by atoms with van der Waals surface area (Å²) in [7, 11) is 0. The van der Waals surface area contributed by atoms with Crippen LogP contribution in [0.1, 0.15) is 32.4 Å². The monoisotopic (exact) mass is 274 g/mol. The fourth-order valence-electron chi connectivity index (χ4n) is 1.96. The predicted molar refractivity (Wildman–Crippen MR) is 78.4 cm³/mol. The van der Waals surface area contributed by atoms with Gasteiger partial charge in [-0.2, -0.15) is 0 Å². The molecule has 1 aromatic carbocycles. The molecule has 0 saturated heterocycles. The van der Waals surface area contributed by atoms with E-state index in [0.29, 0.717) is 11.4 Å². The Morgan fingerprint density at radius 3 is 2.55 bits per heavy atom. The van der Waals surface area contributed by atoms with Gasteiger partial charge < -0.3 is 10.1 Å². The van der Waals surface area contributed by atoms with Crippen molar-refractivity contribution in [2.45, 2.75) is 32.9 Å². The van der Waals surface area contributed by atoms with Crippen molar-refractivity contribution in [1.29, 1.82) is 0 Å². The lowest BCUT2D eigenvalue weighted by Crippen LogP contribution is -2.13. The van der Waals surface area contributed by atoms with E-state index in [4.69, 9.17) is 4.74 Å². The standard InChI is InChI=1S/C16H19FN2O/c1-11(2)20-16-15(9-6-10-18-16)19-12(3)13-7-4-5-8-14(13)17/h4-12,19H,1-3H3. The van der Waals surface area contributed by atoms with Crippen LogP contribution in [0, 0.1) is 5.82 Å². The molecule has 1 atom stereocenters. The van der Waals surface area contributed by atoms with Crippen LogP contribution in [0.5, 0.6) is 5.88 Å². The molecule has 1 aromatic heterocycles. The normalized spacial score (nSPS) is 12.2. The second-order valence-electron chi connectivity index (χ2n) is 4.91. The molecule has 1 unspecified atom stereocenters. The summed E-state index contributed by atoms with van der Waals surface area (Å²) in [6, 6.07) is 10.3. The number of nitrogens with one attached hydrogen (secondary N) is 1. The topological polar surface area (TPSA) is 34.1 Å². The highest BCUT2D eigenvalue weighted by atomic mass is 19.1. The van der Waals surface area contributed by atoms with Crippen molar-refractivity contribution in [3.63, 3.8) is 0 Å². The molecule has 0 fully saturated rings.